The molecule has 7 rings (SSSR count). The van der Waals surface area contributed by atoms with Crippen LogP contribution in [0.25, 0.3) is 55.4 Å². The van der Waals surface area contributed by atoms with Crippen molar-refractivity contribution in [3.8, 4) is 33.9 Å². The number of nitrogens with zero attached hydrogens (tertiary/aromatic N) is 3. The molecule has 7 aromatic rings. The van der Waals surface area contributed by atoms with Crippen LogP contribution >= 0.6 is 0 Å². The maximum absolute atomic E-state index is 13.1. The summed E-state index contributed by atoms with van der Waals surface area (Å²) in [6.07, 6.45) is 3.03. The van der Waals surface area contributed by atoms with Gasteiger partial charge in [0.05, 0.1) is 23.3 Å². The summed E-state index contributed by atoms with van der Waals surface area (Å²) in [5.41, 5.74) is 5.53. The molecule has 0 fully saturated rings. The van der Waals surface area contributed by atoms with E-state index in [0.717, 1.165) is 50.1 Å². The van der Waals surface area contributed by atoms with E-state index in [9.17, 15) is 4.39 Å². The van der Waals surface area contributed by atoms with E-state index >= 15 is 0 Å². The van der Waals surface area contributed by atoms with Gasteiger partial charge in [-0.15, -0.1) is 17.5 Å². The molecule has 0 spiro atoms. The summed E-state index contributed by atoms with van der Waals surface area (Å²) in [6.45, 7) is 0. The Hall–Kier alpha value is -4.57. The van der Waals surface area contributed by atoms with Crippen molar-refractivity contribution in [3.63, 3.8) is 0 Å². The van der Waals surface area contributed by atoms with Gasteiger partial charge in [0.2, 0.25) is 0 Å². The van der Waals surface area contributed by atoms with Crippen LogP contribution in [0, 0.1) is 11.9 Å². The molecule has 1 radical (unpaired) electrons. The number of halogens is 1. The largest absolute Gasteiger partial charge is 0.292 e. The van der Waals surface area contributed by atoms with Crippen molar-refractivity contribution in [1.82, 2.24) is 15.0 Å². The molecular formula is C35H23FIrN3-. The van der Waals surface area contributed by atoms with E-state index in [4.69, 9.17) is 0 Å². The van der Waals surface area contributed by atoms with Crippen LogP contribution in [0.3, 0.4) is 0 Å². The minimum absolute atomic E-state index is 0. The van der Waals surface area contributed by atoms with E-state index in [-0.39, 0.29) is 25.9 Å². The van der Waals surface area contributed by atoms with E-state index in [0.29, 0.717) is 0 Å². The van der Waals surface area contributed by atoms with Crippen molar-refractivity contribution in [1.29, 1.82) is 0 Å². The minimum Gasteiger partial charge on any atom is -0.292 e. The summed E-state index contributed by atoms with van der Waals surface area (Å²) >= 11 is 0. The van der Waals surface area contributed by atoms with Gasteiger partial charge >= 0.3 is 0 Å². The van der Waals surface area contributed by atoms with Crippen molar-refractivity contribution in [3.05, 3.63) is 152 Å². The second-order valence-electron chi connectivity index (χ2n) is 8.94. The van der Waals surface area contributed by atoms with E-state index in [1.165, 1.54) is 17.6 Å². The number of benzene rings is 4. The van der Waals surface area contributed by atoms with E-state index in [1.807, 2.05) is 84.9 Å². The van der Waals surface area contributed by atoms with Crippen LogP contribution in [0.1, 0.15) is 0 Å². The number of fused-ring (bicyclic) bond motifs is 3. The number of aromatic nitrogens is 3. The first-order valence-corrected chi connectivity index (χ1v) is 12.6. The van der Waals surface area contributed by atoms with E-state index in [1.54, 1.807) is 12.3 Å². The zero-order valence-electron chi connectivity index (χ0n) is 21.3. The van der Waals surface area contributed by atoms with Gasteiger partial charge in [-0.05, 0) is 30.3 Å². The molecule has 0 aliphatic heterocycles. The van der Waals surface area contributed by atoms with E-state index in [2.05, 4.69) is 51.4 Å². The predicted octanol–water partition coefficient (Wildman–Crippen LogP) is 8.80. The minimum atomic E-state index is -0.330. The Morgan fingerprint density at radius 1 is 0.500 bits per heavy atom. The molecule has 3 heterocycles. The van der Waals surface area contributed by atoms with Gasteiger partial charge in [-0.25, -0.2) is 9.37 Å². The molecule has 4 aromatic carbocycles. The molecule has 40 heavy (non-hydrogen) atoms. The molecule has 0 atom stereocenters. The van der Waals surface area contributed by atoms with Crippen molar-refractivity contribution in [2.24, 2.45) is 0 Å². The Bertz CT molecular complexity index is 1800. The van der Waals surface area contributed by atoms with Crippen LogP contribution in [0.2, 0.25) is 0 Å². The molecule has 0 N–H and O–H groups in total. The molecular weight excluding hydrogens is 674 g/mol. The normalized spacial score (nSPS) is 10.4. The van der Waals surface area contributed by atoms with Gasteiger partial charge < -0.3 is 0 Å². The fourth-order valence-corrected chi connectivity index (χ4v) is 4.55. The third kappa shape index (κ3) is 5.86. The van der Waals surface area contributed by atoms with Gasteiger partial charge in [-0.1, -0.05) is 113 Å². The summed E-state index contributed by atoms with van der Waals surface area (Å²) < 4.78 is 13.1. The molecule has 3 aromatic heterocycles. The average Bonchev–Trinajstić information content (AvgIpc) is 3.02. The van der Waals surface area contributed by atoms with Crippen molar-refractivity contribution >= 4 is 21.5 Å². The Morgan fingerprint density at radius 2 is 1.18 bits per heavy atom. The summed E-state index contributed by atoms with van der Waals surface area (Å²) in [5.74, 6) is -0.330. The van der Waals surface area contributed by atoms with Crippen LogP contribution in [0.15, 0.2) is 140 Å². The first-order chi connectivity index (χ1) is 19.3. The average molecular weight is 697 g/mol. The standard InChI is InChI=1S/C19H11FN.C16H12N2.Ir/c20-14-9-10-19(21-12-14)18-11-13-5-1-2-6-15(13)16-7-3-4-8-17(16)18;1-2-7-13(8-3-1)14-10-6-11-16(18-14)15-9-4-5-12-17-15;/h1-10,12H;1-12H;/q-1;;. The molecule has 0 saturated heterocycles. The quantitative estimate of drug-likeness (QED) is 0.137. The first-order valence-electron chi connectivity index (χ1n) is 12.6. The van der Waals surface area contributed by atoms with Crippen LogP contribution in [-0.2, 0) is 20.1 Å². The SMILES string of the molecule is Fc1ccc(-c2[c-]c3ccccc3c3ccccc23)nc1.[Ir].c1ccc(-c2cccc(-c3ccccn3)n2)cc1. The van der Waals surface area contributed by atoms with Crippen molar-refractivity contribution in [2.75, 3.05) is 0 Å². The van der Waals surface area contributed by atoms with Crippen LogP contribution in [0.4, 0.5) is 4.39 Å². The monoisotopic (exact) mass is 697 g/mol. The maximum Gasteiger partial charge on any atom is 0.140 e. The second-order valence-corrected chi connectivity index (χ2v) is 8.94. The number of hydrogen-bond acceptors (Lipinski definition) is 3. The van der Waals surface area contributed by atoms with Gasteiger partial charge in [0.15, 0.2) is 0 Å². The number of hydrogen-bond donors (Lipinski definition) is 0. The van der Waals surface area contributed by atoms with Crippen LogP contribution in [-0.4, -0.2) is 15.0 Å². The fourth-order valence-electron chi connectivity index (χ4n) is 4.55. The first kappa shape index (κ1) is 27.0. The van der Waals surface area contributed by atoms with Crippen LogP contribution < -0.4 is 0 Å². The van der Waals surface area contributed by atoms with Gasteiger partial charge in [0.25, 0.3) is 0 Å². The maximum atomic E-state index is 13.1. The Kier molecular flexibility index (Phi) is 8.46. The molecule has 0 aliphatic rings. The Labute approximate surface area is 245 Å². The van der Waals surface area contributed by atoms with Gasteiger partial charge in [0.1, 0.15) is 5.82 Å². The zero-order chi connectivity index (χ0) is 26.4. The summed E-state index contributed by atoms with van der Waals surface area (Å²) in [4.78, 5) is 13.2. The topological polar surface area (TPSA) is 38.7 Å². The molecule has 5 heteroatoms. The summed E-state index contributed by atoms with van der Waals surface area (Å²) in [5, 5.41) is 4.44. The summed E-state index contributed by atoms with van der Waals surface area (Å²) in [7, 11) is 0. The van der Waals surface area contributed by atoms with Gasteiger partial charge in [0, 0.05) is 37.6 Å². The Morgan fingerprint density at radius 3 is 1.93 bits per heavy atom. The van der Waals surface area contributed by atoms with Crippen molar-refractivity contribution in [2.45, 2.75) is 0 Å². The predicted molar refractivity (Wildman–Crippen MR) is 156 cm³/mol. The van der Waals surface area contributed by atoms with Crippen molar-refractivity contribution < 1.29 is 24.5 Å². The smallest absolute Gasteiger partial charge is 0.140 e. The summed E-state index contributed by atoms with van der Waals surface area (Å²) in [6, 6.07) is 44.9. The third-order valence-electron chi connectivity index (χ3n) is 6.40. The number of rotatable bonds is 3. The van der Waals surface area contributed by atoms with Gasteiger partial charge in [-0.2, -0.15) is 0 Å². The zero-order valence-corrected chi connectivity index (χ0v) is 23.7. The molecule has 0 unspecified atom stereocenters. The molecule has 0 bridgehead atoms. The third-order valence-corrected chi connectivity index (χ3v) is 6.40. The molecule has 3 nitrogen and oxygen atoms in total. The fraction of sp³-hybridized carbons (Fsp3) is 0. The molecule has 0 aliphatic carbocycles. The second kappa shape index (κ2) is 12.5. The number of pyridine rings is 3. The molecule has 0 saturated carbocycles. The Balaban J connectivity index is 0.000000159. The van der Waals surface area contributed by atoms with Crippen LogP contribution in [0.5, 0.6) is 0 Å². The van der Waals surface area contributed by atoms with E-state index < -0.39 is 0 Å². The molecule has 0 amide bonds. The molecule has 195 valence electrons. The van der Waals surface area contributed by atoms with Gasteiger partial charge in [-0.3, -0.25) is 9.97 Å².